The van der Waals surface area contributed by atoms with Gasteiger partial charge in [-0.25, -0.2) is 13.1 Å². The second kappa shape index (κ2) is 6.48. The van der Waals surface area contributed by atoms with Crippen LogP contribution in [0.3, 0.4) is 0 Å². The Morgan fingerprint density at radius 2 is 2.11 bits per heavy atom. The molecule has 1 heterocycles. The summed E-state index contributed by atoms with van der Waals surface area (Å²) in [7, 11) is -3.21. The van der Waals surface area contributed by atoms with Gasteiger partial charge in [0.1, 0.15) is 0 Å². The Morgan fingerprint density at radius 1 is 1.37 bits per heavy atom. The maximum Gasteiger partial charge on any atom is 0.212 e. The fourth-order valence-electron chi connectivity index (χ4n) is 2.69. The molecule has 1 saturated carbocycles. The van der Waals surface area contributed by atoms with E-state index in [1.165, 1.54) is 0 Å². The molecule has 0 unspecified atom stereocenters. The Morgan fingerprint density at radius 3 is 2.68 bits per heavy atom. The quantitative estimate of drug-likeness (QED) is 0.872. The fraction of sp³-hybridized carbons (Fsp3) is 0.643. The van der Waals surface area contributed by atoms with Crippen LogP contribution in [0, 0.1) is 5.92 Å². The average molecular weight is 282 g/mol. The molecule has 1 aromatic rings. The lowest BCUT2D eigenvalue weighted by Gasteiger charge is -2.18. The van der Waals surface area contributed by atoms with Crippen LogP contribution in [0.15, 0.2) is 24.4 Å². The molecule has 0 saturated heterocycles. The molecule has 1 aliphatic carbocycles. The van der Waals surface area contributed by atoms with Gasteiger partial charge in [0.05, 0.1) is 17.5 Å². The largest absolute Gasteiger partial charge is 0.260 e. The van der Waals surface area contributed by atoms with E-state index in [1.807, 2.05) is 25.1 Å². The van der Waals surface area contributed by atoms with Crippen LogP contribution in [0.4, 0.5) is 0 Å². The minimum atomic E-state index is -3.21. The summed E-state index contributed by atoms with van der Waals surface area (Å²) >= 11 is 0. The molecule has 0 radical (unpaired) electrons. The molecule has 19 heavy (non-hydrogen) atoms. The molecule has 1 aromatic heterocycles. The number of aromatic nitrogens is 1. The number of rotatable bonds is 6. The lowest BCUT2D eigenvalue weighted by atomic mass is 10.1. The zero-order chi connectivity index (χ0) is 13.7. The molecule has 0 amide bonds. The molecule has 1 aliphatic rings. The van der Waals surface area contributed by atoms with E-state index in [1.54, 1.807) is 6.20 Å². The highest BCUT2D eigenvalue weighted by Gasteiger charge is 2.25. The van der Waals surface area contributed by atoms with Crippen LogP contribution < -0.4 is 4.72 Å². The maximum atomic E-state index is 12.2. The highest BCUT2D eigenvalue weighted by atomic mass is 32.2. The third-order valence-electron chi connectivity index (χ3n) is 3.70. The lowest BCUT2D eigenvalue weighted by Crippen LogP contribution is -2.32. The first kappa shape index (κ1) is 14.5. The van der Waals surface area contributed by atoms with Crippen LogP contribution in [0.25, 0.3) is 0 Å². The summed E-state index contributed by atoms with van der Waals surface area (Å²) < 4.78 is 27.2. The zero-order valence-electron chi connectivity index (χ0n) is 11.4. The van der Waals surface area contributed by atoms with Gasteiger partial charge in [-0.05, 0) is 37.3 Å². The van der Waals surface area contributed by atoms with Crippen molar-refractivity contribution in [2.24, 2.45) is 5.92 Å². The summed E-state index contributed by atoms with van der Waals surface area (Å²) in [6.07, 6.45) is 6.82. The van der Waals surface area contributed by atoms with Crippen LogP contribution in [-0.4, -0.2) is 19.2 Å². The number of hydrogen-bond acceptors (Lipinski definition) is 3. The topological polar surface area (TPSA) is 59.1 Å². The van der Waals surface area contributed by atoms with Crippen molar-refractivity contribution >= 4 is 10.0 Å². The number of nitrogens with one attached hydrogen (secondary N) is 1. The lowest BCUT2D eigenvalue weighted by molar-refractivity contribution is 0.522. The van der Waals surface area contributed by atoms with Crippen LogP contribution in [0.2, 0.25) is 0 Å². The zero-order valence-corrected chi connectivity index (χ0v) is 12.2. The van der Waals surface area contributed by atoms with Crippen LogP contribution in [0.5, 0.6) is 0 Å². The number of pyridine rings is 1. The first-order chi connectivity index (χ1) is 9.11. The third kappa shape index (κ3) is 4.28. The molecular weight excluding hydrogens is 260 g/mol. The minimum absolute atomic E-state index is 0.215. The standard InChI is InChI=1S/C14H22N2O2S/c1-2-13(14-9-5-6-10-15-14)16-19(17,18)11-12-7-3-4-8-12/h5-6,9-10,12-13,16H,2-4,7-8,11H2,1H3/t13-/m0/s1. The van der Waals surface area contributed by atoms with Crippen molar-refractivity contribution in [1.29, 1.82) is 0 Å². The monoisotopic (exact) mass is 282 g/mol. The van der Waals surface area contributed by atoms with Gasteiger partial charge in [-0.3, -0.25) is 4.98 Å². The SMILES string of the molecule is CC[C@H](NS(=O)(=O)CC1CCCC1)c1ccccn1. The van der Waals surface area contributed by atoms with Crippen LogP contribution >= 0.6 is 0 Å². The van der Waals surface area contributed by atoms with Gasteiger partial charge in [0, 0.05) is 6.20 Å². The van der Waals surface area contributed by atoms with Gasteiger partial charge in [0.25, 0.3) is 0 Å². The first-order valence-electron chi connectivity index (χ1n) is 7.01. The highest BCUT2D eigenvalue weighted by molar-refractivity contribution is 7.89. The molecule has 4 nitrogen and oxygen atoms in total. The fourth-order valence-corrected chi connectivity index (χ4v) is 4.46. The van der Waals surface area contributed by atoms with E-state index >= 15 is 0 Å². The molecule has 0 aliphatic heterocycles. The van der Waals surface area contributed by atoms with Crippen molar-refractivity contribution < 1.29 is 8.42 Å². The van der Waals surface area contributed by atoms with Gasteiger partial charge < -0.3 is 0 Å². The molecule has 106 valence electrons. The van der Waals surface area contributed by atoms with Crippen molar-refractivity contribution in [3.05, 3.63) is 30.1 Å². The summed E-state index contributed by atoms with van der Waals surface area (Å²) in [5.41, 5.74) is 0.792. The number of hydrogen-bond donors (Lipinski definition) is 1. The van der Waals surface area contributed by atoms with Gasteiger partial charge in [0.15, 0.2) is 0 Å². The molecule has 0 spiro atoms. The molecule has 1 N–H and O–H groups in total. The van der Waals surface area contributed by atoms with E-state index in [4.69, 9.17) is 0 Å². The Bertz CT molecular complexity index is 481. The minimum Gasteiger partial charge on any atom is -0.260 e. The summed E-state index contributed by atoms with van der Waals surface area (Å²) in [4.78, 5) is 4.24. The smallest absolute Gasteiger partial charge is 0.212 e. The van der Waals surface area contributed by atoms with Crippen molar-refractivity contribution in [2.45, 2.75) is 45.1 Å². The summed E-state index contributed by atoms with van der Waals surface area (Å²) in [5.74, 6) is 0.592. The summed E-state index contributed by atoms with van der Waals surface area (Å²) in [6, 6.07) is 5.37. The van der Waals surface area contributed by atoms with E-state index in [-0.39, 0.29) is 11.8 Å². The Kier molecular flexibility index (Phi) is 4.93. The normalized spacial score (nSPS) is 18.6. The van der Waals surface area contributed by atoms with E-state index in [0.29, 0.717) is 12.3 Å². The third-order valence-corrected chi connectivity index (χ3v) is 5.26. The Balaban J connectivity index is 2.00. The van der Waals surface area contributed by atoms with Gasteiger partial charge >= 0.3 is 0 Å². The van der Waals surface area contributed by atoms with Gasteiger partial charge in [0.2, 0.25) is 10.0 Å². The summed E-state index contributed by atoms with van der Waals surface area (Å²) in [6.45, 7) is 1.97. The first-order valence-corrected chi connectivity index (χ1v) is 8.67. The highest BCUT2D eigenvalue weighted by Crippen LogP contribution is 2.26. The van der Waals surface area contributed by atoms with Crippen molar-refractivity contribution in [2.75, 3.05) is 5.75 Å². The van der Waals surface area contributed by atoms with E-state index in [2.05, 4.69) is 9.71 Å². The summed E-state index contributed by atoms with van der Waals surface area (Å²) in [5, 5.41) is 0. The van der Waals surface area contributed by atoms with Crippen molar-refractivity contribution in [3.8, 4) is 0 Å². The van der Waals surface area contributed by atoms with Gasteiger partial charge in [-0.1, -0.05) is 25.8 Å². The van der Waals surface area contributed by atoms with Crippen molar-refractivity contribution in [1.82, 2.24) is 9.71 Å². The predicted octanol–water partition coefficient (Wildman–Crippen LogP) is 2.64. The van der Waals surface area contributed by atoms with Gasteiger partial charge in [-0.15, -0.1) is 0 Å². The number of nitrogens with zero attached hydrogens (tertiary/aromatic N) is 1. The van der Waals surface area contributed by atoms with Crippen LogP contribution in [-0.2, 0) is 10.0 Å². The van der Waals surface area contributed by atoms with E-state index < -0.39 is 10.0 Å². The molecule has 1 fully saturated rings. The van der Waals surface area contributed by atoms with E-state index in [9.17, 15) is 8.42 Å². The maximum absolute atomic E-state index is 12.2. The van der Waals surface area contributed by atoms with Crippen molar-refractivity contribution in [3.63, 3.8) is 0 Å². The second-order valence-corrected chi connectivity index (χ2v) is 7.06. The average Bonchev–Trinajstić information content (AvgIpc) is 2.89. The van der Waals surface area contributed by atoms with Crippen LogP contribution in [0.1, 0.15) is 50.8 Å². The molecule has 5 heteroatoms. The molecule has 0 bridgehead atoms. The number of sulfonamides is 1. The molecule has 0 aromatic carbocycles. The predicted molar refractivity (Wildman–Crippen MR) is 76.1 cm³/mol. The molecule has 2 rings (SSSR count). The Hall–Kier alpha value is -0.940. The second-order valence-electron chi connectivity index (χ2n) is 5.27. The molecular formula is C14H22N2O2S. The Labute approximate surface area is 115 Å². The molecule has 1 atom stereocenters. The van der Waals surface area contributed by atoms with Gasteiger partial charge in [-0.2, -0.15) is 0 Å². The van der Waals surface area contributed by atoms with E-state index in [0.717, 1.165) is 31.4 Å².